The fourth-order valence-corrected chi connectivity index (χ4v) is 3.91. The van der Waals surface area contributed by atoms with Crippen molar-refractivity contribution in [2.24, 2.45) is 13.0 Å². The fourth-order valence-electron chi connectivity index (χ4n) is 3.91. The van der Waals surface area contributed by atoms with Gasteiger partial charge in [0.05, 0.1) is 12.2 Å². The lowest BCUT2D eigenvalue weighted by atomic mass is 9.84. The molecule has 0 spiro atoms. The molecule has 20 heavy (non-hydrogen) atoms. The first kappa shape index (κ1) is 13.8. The van der Waals surface area contributed by atoms with Gasteiger partial charge in [-0.15, -0.1) is 0 Å². The molecule has 2 atom stereocenters. The van der Waals surface area contributed by atoms with Crippen LogP contribution in [0, 0.1) is 5.92 Å². The van der Waals surface area contributed by atoms with E-state index in [0.717, 1.165) is 30.7 Å². The third-order valence-electron chi connectivity index (χ3n) is 5.03. The number of piperidine rings is 2. The van der Waals surface area contributed by atoms with Crippen molar-refractivity contribution in [2.75, 3.05) is 33.2 Å². The molecule has 1 aromatic rings. The molecule has 3 rings (SSSR count). The zero-order chi connectivity index (χ0) is 14.1. The molecular formula is C16H25N3O. The van der Waals surface area contributed by atoms with Crippen LogP contribution in [0.2, 0.25) is 0 Å². The molecule has 1 aromatic heterocycles. The molecule has 0 radical (unpaired) electrons. The Hall–Kier alpha value is -1.13. The Morgan fingerprint density at radius 3 is 2.90 bits per heavy atom. The molecule has 0 aliphatic carbocycles. The molecule has 4 nitrogen and oxygen atoms in total. The van der Waals surface area contributed by atoms with E-state index in [1.54, 1.807) is 0 Å². The van der Waals surface area contributed by atoms with Gasteiger partial charge in [-0.05, 0) is 50.9 Å². The average Bonchev–Trinajstić information content (AvgIpc) is 2.85. The number of aryl methyl sites for hydroxylation is 1. The predicted molar refractivity (Wildman–Crippen MR) is 79.9 cm³/mol. The predicted octanol–water partition coefficient (Wildman–Crippen LogP) is 1.62. The van der Waals surface area contributed by atoms with Gasteiger partial charge in [0.1, 0.15) is 0 Å². The van der Waals surface area contributed by atoms with E-state index in [9.17, 15) is 4.79 Å². The van der Waals surface area contributed by atoms with Gasteiger partial charge in [-0.1, -0.05) is 0 Å². The van der Waals surface area contributed by atoms with Crippen LogP contribution in [-0.4, -0.2) is 59.4 Å². The van der Waals surface area contributed by atoms with Gasteiger partial charge in [0, 0.05) is 32.4 Å². The molecule has 2 fully saturated rings. The molecule has 2 aliphatic heterocycles. The van der Waals surface area contributed by atoms with Gasteiger partial charge >= 0.3 is 0 Å². The number of Topliss-reactive ketones (excluding diaryl/α,β-unsaturated/α-hetero) is 1. The summed E-state index contributed by atoms with van der Waals surface area (Å²) in [6.45, 7) is 3.96. The second-order valence-corrected chi connectivity index (χ2v) is 6.40. The van der Waals surface area contributed by atoms with Crippen molar-refractivity contribution in [3.63, 3.8) is 0 Å². The van der Waals surface area contributed by atoms with E-state index >= 15 is 0 Å². The highest BCUT2D eigenvalue weighted by molar-refractivity contribution is 5.96. The first-order valence-corrected chi connectivity index (χ1v) is 7.72. The summed E-state index contributed by atoms with van der Waals surface area (Å²) in [4.78, 5) is 17.2. The topological polar surface area (TPSA) is 28.5 Å². The number of carbonyl (C=O) groups excluding carboxylic acids is 1. The molecule has 0 amide bonds. The Balaban J connectivity index is 1.60. The van der Waals surface area contributed by atoms with Crippen LogP contribution in [0.5, 0.6) is 0 Å². The first-order chi connectivity index (χ1) is 9.65. The van der Waals surface area contributed by atoms with Crippen molar-refractivity contribution >= 4 is 5.78 Å². The van der Waals surface area contributed by atoms with Gasteiger partial charge < -0.3 is 9.47 Å². The van der Waals surface area contributed by atoms with Gasteiger partial charge in [-0.25, -0.2) is 0 Å². The minimum Gasteiger partial charge on any atom is -0.348 e. The van der Waals surface area contributed by atoms with Gasteiger partial charge in [-0.3, -0.25) is 9.69 Å². The Labute approximate surface area is 121 Å². The Kier molecular flexibility index (Phi) is 3.94. The summed E-state index contributed by atoms with van der Waals surface area (Å²) in [7, 11) is 4.19. The highest BCUT2D eigenvalue weighted by atomic mass is 16.1. The third-order valence-corrected chi connectivity index (χ3v) is 5.03. The Morgan fingerprint density at radius 1 is 1.30 bits per heavy atom. The summed E-state index contributed by atoms with van der Waals surface area (Å²) in [5, 5.41) is 0. The van der Waals surface area contributed by atoms with E-state index in [4.69, 9.17) is 0 Å². The van der Waals surface area contributed by atoms with Crippen molar-refractivity contribution in [1.29, 1.82) is 0 Å². The normalized spacial score (nSPS) is 28.3. The molecule has 0 saturated carbocycles. The number of ketones is 1. The number of rotatable bonds is 3. The molecule has 0 bridgehead atoms. The molecular weight excluding hydrogens is 250 g/mol. The molecule has 4 heteroatoms. The molecule has 0 N–H and O–H groups in total. The minimum atomic E-state index is 0.250. The number of hydrogen-bond acceptors (Lipinski definition) is 3. The van der Waals surface area contributed by atoms with Crippen LogP contribution < -0.4 is 0 Å². The number of likely N-dealkylation sites (tertiary alicyclic amines) is 2. The number of fused-ring (bicyclic) bond motifs is 1. The second-order valence-electron chi connectivity index (χ2n) is 6.40. The van der Waals surface area contributed by atoms with Gasteiger partial charge in [0.2, 0.25) is 0 Å². The summed E-state index contributed by atoms with van der Waals surface area (Å²) in [5.74, 6) is 1.00. The van der Waals surface area contributed by atoms with Crippen LogP contribution in [0.3, 0.4) is 0 Å². The van der Waals surface area contributed by atoms with Gasteiger partial charge in [0.25, 0.3) is 0 Å². The average molecular weight is 275 g/mol. The van der Waals surface area contributed by atoms with E-state index in [0.29, 0.717) is 6.54 Å². The summed E-state index contributed by atoms with van der Waals surface area (Å²) in [6, 6.07) is 4.60. The maximum absolute atomic E-state index is 12.3. The van der Waals surface area contributed by atoms with Crippen LogP contribution in [-0.2, 0) is 7.05 Å². The minimum absolute atomic E-state index is 0.250. The quantitative estimate of drug-likeness (QED) is 0.785. The number of hydrogen-bond donors (Lipinski definition) is 0. The van der Waals surface area contributed by atoms with E-state index < -0.39 is 0 Å². The summed E-state index contributed by atoms with van der Waals surface area (Å²) >= 11 is 0. The number of aromatic nitrogens is 1. The summed E-state index contributed by atoms with van der Waals surface area (Å²) < 4.78 is 1.92. The van der Waals surface area contributed by atoms with Crippen LogP contribution >= 0.6 is 0 Å². The monoisotopic (exact) mass is 275 g/mol. The number of nitrogens with zero attached hydrogens (tertiary/aromatic N) is 3. The van der Waals surface area contributed by atoms with E-state index in [1.807, 2.05) is 29.9 Å². The van der Waals surface area contributed by atoms with Crippen molar-refractivity contribution < 1.29 is 4.79 Å². The van der Waals surface area contributed by atoms with Crippen LogP contribution in [0.4, 0.5) is 0 Å². The smallest absolute Gasteiger partial charge is 0.193 e. The molecule has 110 valence electrons. The molecule has 0 aromatic carbocycles. The van der Waals surface area contributed by atoms with Crippen LogP contribution in [0.15, 0.2) is 18.3 Å². The second kappa shape index (κ2) is 5.70. The highest BCUT2D eigenvalue weighted by Crippen LogP contribution is 2.29. The summed E-state index contributed by atoms with van der Waals surface area (Å²) in [6.07, 6.45) is 5.78. The molecule has 3 heterocycles. The zero-order valence-corrected chi connectivity index (χ0v) is 12.6. The molecule has 2 unspecified atom stereocenters. The lowest BCUT2D eigenvalue weighted by molar-refractivity contribution is 0.0376. The Morgan fingerprint density at radius 2 is 2.15 bits per heavy atom. The van der Waals surface area contributed by atoms with Crippen molar-refractivity contribution in [3.8, 4) is 0 Å². The van der Waals surface area contributed by atoms with Crippen LogP contribution in [0.25, 0.3) is 0 Å². The highest BCUT2D eigenvalue weighted by Gasteiger charge is 2.34. The van der Waals surface area contributed by atoms with Gasteiger partial charge in [-0.2, -0.15) is 0 Å². The van der Waals surface area contributed by atoms with Crippen molar-refractivity contribution in [2.45, 2.75) is 25.3 Å². The zero-order valence-electron chi connectivity index (χ0n) is 12.6. The van der Waals surface area contributed by atoms with E-state index in [-0.39, 0.29) is 5.78 Å². The maximum atomic E-state index is 12.3. The standard InChI is InChI=1S/C16H25N3O/c1-17-8-3-5-13-11-19(10-7-14(13)17)12-16(20)15-6-4-9-18(15)2/h4,6,9,13-14H,3,5,7-8,10-12H2,1-2H3. The summed E-state index contributed by atoms with van der Waals surface area (Å²) in [5.41, 5.74) is 0.827. The SMILES string of the molecule is CN1CCCC2CN(CC(=O)c3cccn3C)CCC21. The van der Waals surface area contributed by atoms with Crippen LogP contribution in [0.1, 0.15) is 29.8 Å². The maximum Gasteiger partial charge on any atom is 0.193 e. The number of carbonyl (C=O) groups is 1. The Bertz CT molecular complexity index is 482. The van der Waals surface area contributed by atoms with Crippen molar-refractivity contribution in [1.82, 2.24) is 14.4 Å². The first-order valence-electron chi connectivity index (χ1n) is 7.72. The van der Waals surface area contributed by atoms with E-state index in [2.05, 4.69) is 16.8 Å². The lowest BCUT2D eigenvalue weighted by Crippen LogP contribution is -2.53. The van der Waals surface area contributed by atoms with Gasteiger partial charge in [0.15, 0.2) is 5.78 Å². The largest absolute Gasteiger partial charge is 0.348 e. The van der Waals surface area contributed by atoms with E-state index in [1.165, 1.54) is 25.8 Å². The molecule has 2 saturated heterocycles. The third kappa shape index (κ3) is 2.67. The fraction of sp³-hybridized carbons (Fsp3) is 0.688. The molecule has 2 aliphatic rings. The lowest BCUT2D eigenvalue weighted by Gasteiger charge is -2.45. The van der Waals surface area contributed by atoms with Crippen molar-refractivity contribution in [3.05, 3.63) is 24.0 Å².